The summed E-state index contributed by atoms with van der Waals surface area (Å²) < 4.78 is 9.59. The Labute approximate surface area is 130 Å². The number of benzene rings is 1. The predicted octanol–water partition coefficient (Wildman–Crippen LogP) is 1.86. The van der Waals surface area contributed by atoms with Crippen LogP contribution in [0.15, 0.2) is 30.3 Å². The number of ether oxygens (including phenoxy) is 2. The summed E-state index contributed by atoms with van der Waals surface area (Å²) >= 11 is 0. The first-order valence-corrected chi connectivity index (χ1v) is 7.17. The lowest BCUT2D eigenvalue weighted by molar-refractivity contribution is -0.152. The minimum Gasteiger partial charge on any atom is -0.467 e. The van der Waals surface area contributed by atoms with Gasteiger partial charge in [0.1, 0.15) is 6.61 Å². The molecule has 22 heavy (non-hydrogen) atoms. The van der Waals surface area contributed by atoms with Gasteiger partial charge in [-0.2, -0.15) is 0 Å². The van der Waals surface area contributed by atoms with Gasteiger partial charge in [-0.25, -0.2) is 9.59 Å². The molecule has 6 heteroatoms. The molecule has 0 spiro atoms. The first-order chi connectivity index (χ1) is 10.4. The lowest BCUT2D eigenvalue weighted by Gasteiger charge is -2.23. The molecule has 0 radical (unpaired) electrons. The fourth-order valence-electron chi connectivity index (χ4n) is 1.98. The van der Waals surface area contributed by atoms with Crippen molar-refractivity contribution in [2.75, 3.05) is 7.11 Å². The number of carbonyl (C=O) groups is 2. The molecule has 0 unspecified atom stereocenters. The van der Waals surface area contributed by atoms with Crippen LogP contribution in [0.2, 0.25) is 0 Å². The number of hydrogen-bond acceptors (Lipinski definition) is 5. The van der Waals surface area contributed by atoms with Gasteiger partial charge in [-0.1, -0.05) is 44.2 Å². The molecule has 0 aliphatic heterocycles. The van der Waals surface area contributed by atoms with E-state index < -0.39 is 24.2 Å². The van der Waals surface area contributed by atoms with Gasteiger partial charge in [0.05, 0.1) is 13.2 Å². The third kappa shape index (κ3) is 6.13. The quantitative estimate of drug-likeness (QED) is 0.751. The van der Waals surface area contributed by atoms with E-state index >= 15 is 0 Å². The Morgan fingerprint density at radius 3 is 2.41 bits per heavy atom. The summed E-state index contributed by atoms with van der Waals surface area (Å²) in [5.41, 5.74) is 0.853. The molecule has 1 rings (SSSR count). The van der Waals surface area contributed by atoms with Gasteiger partial charge in [0.15, 0.2) is 6.10 Å². The standard InChI is InChI=1S/C16H23NO5/c1-11(2)9-13(14(18)15(19)21-3)17-16(20)22-10-12-7-5-4-6-8-12/h4-8,11,13-14,18H,9-10H2,1-3H3,(H,17,20)/t13-,14+/m1/s1. The second kappa shape index (κ2) is 9.04. The molecule has 122 valence electrons. The van der Waals surface area contributed by atoms with Gasteiger partial charge < -0.3 is 19.9 Å². The Morgan fingerprint density at radius 1 is 1.23 bits per heavy atom. The number of carbonyl (C=O) groups excluding carboxylic acids is 2. The van der Waals surface area contributed by atoms with E-state index in [1.807, 2.05) is 44.2 Å². The number of nitrogens with one attached hydrogen (secondary N) is 1. The van der Waals surface area contributed by atoms with Gasteiger partial charge in [0.2, 0.25) is 0 Å². The molecular formula is C16H23NO5. The molecule has 0 aromatic heterocycles. The van der Waals surface area contributed by atoms with Gasteiger partial charge in [-0.15, -0.1) is 0 Å². The van der Waals surface area contributed by atoms with E-state index in [0.29, 0.717) is 6.42 Å². The highest BCUT2D eigenvalue weighted by Gasteiger charge is 2.29. The highest BCUT2D eigenvalue weighted by atomic mass is 16.6. The minimum atomic E-state index is -1.42. The van der Waals surface area contributed by atoms with Gasteiger partial charge in [0.25, 0.3) is 0 Å². The first-order valence-electron chi connectivity index (χ1n) is 7.17. The van der Waals surface area contributed by atoms with E-state index in [1.54, 1.807) is 0 Å². The largest absolute Gasteiger partial charge is 0.467 e. The normalized spacial score (nSPS) is 13.3. The van der Waals surface area contributed by atoms with Crippen LogP contribution >= 0.6 is 0 Å². The fraction of sp³-hybridized carbons (Fsp3) is 0.500. The van der Waals surface area contributed by atoms with Crippen LogP contribution in [-0.4, -0.2) is 36.4 Å². The van der Waals surface area contributed by atoms with Crippen LogP contribution in [0.4, 0.5) is 4.79 Å². The third-order valence-electron chi connectivity index (χ3n) is 3.07. The van der Waals surface area contributed by atoms with E-state index in [2.05, 4.69) is 10.1 Å². The molecule has 2 atom stereocenters. The third-order valence-corrected chi connectivity index (χ3v) is 3.07. The molecule has 0 aliphatic rings. The molecule has 0 saturated carbocycles. The number of esters is 1. The number of aliphatic hydroxyl groups is 1. The lowest BCUT2D eigenvalue weighted by atomic mass is 9.99. The SMILES string of the molecule is COC(=O)[C@@H](O)[C@@H](CC(C)C)NC(=O)OCc1ccccc1. The number of rotatable bonds is 7. The Hall–Kier alpha value is -2.08. The Kier molecular flexibility index (Phi) is 7.39. The highest BCUT2D eigenvalue weighted by Crippen LogP contribution is 2.10. The monoisotopic (exact) mass is 309 g/mol. The summed E-state index contributed by atoms with van der Waals surface area (Å²) in [4.78, 5) is 23.3. The zero-order valence-electron chi connectivity index (χ0n) is 13.1. The second-order valence-electron chi connectivity index (χ2n) is 5.41. The first kappa shape index (κ1) is 18.0. The molecule has 6 nitrogen and oxygen atoms in total. The maximum absolute atomic E-state index is 11.8. The average Bonchev–Trinajstić information content (AvgIpc) is 2.51. The van der Waals surface area contributed by atoms with Crippen LogP contribution in [0.5, 0.6) is 0 Å². The fourth-order valence-corrected chi connectivity index (χ4v) is 1.98. The predicted molar refractivity (Wildman–Crippen MR) is 81.0 cm³/mol. The maximum Gasteiger partial charge on any atom is 0.407 e. The van der Waals surface area contributed by atoms with Crippen LogP contribution in [0, 0.1) is 5.92 Å². The van der Waals surface area contributed by atoms with Crippen molar-refractivity contribution in [2.24, 2.45) is 5.92 Å². The molecule has 1 amide bonds. The van der Waals surface area contributed by atoms with Crippen LogP contribution in [0.25, 0.3) is 0 Å². The summed E-state index contributed by atoms with van der Waals surface area (Å²) in [7, 11) is 1.19. The second-order valence-corrected chi connectivity index (χ2v) is 5.41. The van der Waals surface area contributed by atoms with E-state index in [4.69, 9.17) is 4.74 Å². The Morgan fingerprint density at radius 2 is 1.86 bits per heavy atom. The molecular weight excluding hydrogens is 286 g/mol. The summed E-state index contributed by atoms with van der Waals surface area (Å²) in [5.74, 6) is -0.604. The smallest absolute Gasteiger partial charge is 0.407 e. The van der Waals surface area contributed by atoms with Crippen molar-refractivity contribution in [2.45, 2.75) is 39.0 Å². The number of aliphatic hydroxyl groups excluding tert-OH is 1. The molecule has 0 fully saturated rings. The molecule has 0 bridgehead atoms. The number of methoxy groups -OCH3 is 1. The Bertz CT molecular complexity index is 475. The van der Waals surface area contributed by atoms with Crippen LogP contribution in [-0.2, 0) is 20.9 Å². The zero-order valence-corrected chi connectivity index (χ0v) is 13.1. The summed E-state index contributed by atoms with van der Waals surface area (Å²) in [6.07, 6.45) is -1.68. The van der Waals surface area contributed by atoms with E-state index in [0.717, 1.165) is 5.56 Å². The van der Waals surface area contributed by atoms with Crippen molar-refractivity contribution in [1.29, 1.82) is 0 Å². The summed E-state index contributed by atoms with van der Waals surface area (Å²) in [5, 5.41) is 12.4. The van der Waals surface area contributed by atoms with Gasteiger partial charge in [0, 0.05) is 0 Å². The summed E-state index contributed by atoms with van der Waals surface area (Å²) in [6, 6.07) is 8.48. The van der Waals surface area contributed by atoms with Crippen molar-refractivity contribution in [1.82, 2.24) is 5.32 Å². The van der Waals surface area contributed by atoms with Crippen molar-refractivity contribution >= 4 is 12.1 Å². The van der Waals surface area contributed by atoms with Crippen molar-refractivity contribution in [3.8, 4) is 0 Å². The molecule has 2 N–H and O–H groups in total. The molecule has 0 saturated heterocycles. The lowest BCUT2D eigenvalue weighted by Crippen LogP contribution is -2.48. The minimum absolute atomic E-state index is 0.120. The van der Waals surface area contributed by atoms with Crippen LogP contribution < -0.4 is 5.32 Å². The number of amides is 1. The Balaban J connectivity index is 2.56. The molecule has 1 aromatic carbocycles. The number of alkyl carbamates (subject to hydrolysis) is 1. The summed E-state index contributed by atoms with van der Waals surface area (Å²) in [6.45, 7) is 3.97. The van der Waals surface area contributed by atoms with Gasteiger partial charge in [-0.05, 0) is 17.9 Å². The van der Waals surface area contributed by atoms with Gasteiger partial charge in [-0.3, -0.25) is 0 Å². The molecule has 1 aromatic rings. The van der Waals surface area contributed by atoms with Gasteiger partial charge >= 0.3 is 12.1 Å². The average molecular weight is 309 g/mol. The van der Waals surface area contributed by atoms with Crippen LogP contribution in [0.3, 0.4) is 0 Å². The molecule has 0 heterocycles. The van der Waals surface area contributed by atoms with Crippen molar-refractivity contribution in [3.63, 3.8) is 0 Å². The van der Waals surface area contributed by atoms with E-state index in [9.17, 15) is 14.7 Å². The van der Waals surface area contributed by atoms with Crippen LogP contribution in [0.1, 0.15) is 25.8 Å². The van der Waals surface area contributed by atoms with E-state index in [1.165, 1.54) is 7.11 Å². The van der Waals surface area contributed by atoms with E-state index in [-0.39, 0.29) is 12.5 Å². The highest BCUT2D eigenvalue weighted by molar-refractivity contribution is 5.76. The topological polar surface area (TPSA) is 84.9 Å². The zero-order chi connectivity index (χ0) is 16.5. The van der Waals surface area contributed by atoms with Crippen molar-refractivity contribution < 1.29 is 24.2 Å². The van der Waals surface area contributed by atoms with Crippen molar-refractivity contribution in [3.05, 3.63) is 35.9 Å². The maximum atomic E-state index is 11.8. The number of hydrogen-bond donors (Lipinski definition) is 2. The molecule has 0 aliphatic carbocycles.